The first kappa shape index (κ1) is 16.6. The molecule has 1 amide bonds. The summed E-state index contributed by atoms with van der Waals surface area (Å²) in [5, 5.41) is 0. The molecule has 126 valence electrons. The summed E-state index contributed by atoms with van der Waals surface area (Å²) in [6, 6.07) is 18.7. The molecule has 4 nitrogen and oxygen atoms in total. The van der Waals surface area contributed by atoms with Gasteiger partial charge < -0.3 is 9.88 Å². The summed E-state index contributed by atoms with van der Waals surface area (Å²) >= 11 is 0. The molecule has 3 aromatic rings. The average Bonchev–Trinajstić information content (AvgIpc) is 2.62. The van der Waals surface area contributed by atoms with E-state index in [2.05, 4.69) is 4.98 Å². The van der Waals surface area contributed by atoms with Gasteiger partial charge in [0.15, 0.2) is 0 Å². The van der Waals surface area contributed by atoms with Crippen molar-refractivity contribution in [2.45, 2.75) is 6.54 Å². The molecular weight excluding hydrogens is 319 g/mol. The van der Waals surface area contributed by atoms with Crippen LogP contribution in [-0.2, 0) is 6.54 Å². The molecule has 0 atom stereocenters. The van der Waals surface area contributed by atoms with Crippen LogP contribution >= 0.6 is 0 Å². The number of aromatic nitrogens is 1. The highest BCUT2D eigenvalue weighted by Crippen LogP contribution is 2.15. The van der Waals surface area contributed by atoms with Crippen LogP contribution < -0.4 is 5.56 Å². The first-order valence-electron chi connectivity index (χ1n) is 7.83. The molecule has 0 spiro atoms. The third-order valence-corrected chi connectivity index (χ3v) is 3.88. The average molecular weight is 336 g/mol. The van der Waals surface area contributed by atoms with Crippen molar-refractivity contribution in [3.63, 3.8) is 0 Å². The SMILES string of the molecule is CN(Cc1cccc(F)c1)C(=O)c1ccc(-c2ccccc2)[nH]c1=O. The maximum absolute atomic E-state index is 13.3. The Morgan fingerprint density at radius 1 is 1.04 bits per heavy atom. The number of halogens is 1. The van der Waals surface area contributed by atoms with Gasteiger partial charge in [0, 0.05) is 19.3 Å². The van der Waals surface area contributed by atoms with Gasteiger partial charge in [0.2, 0.25) is 0 Å². The summed E-state index contributed by atoms with van der Waals surface area (Å²) in [4.78, 5) is 28.9. The molecule has 0 radical (unpaired) electrons. The fourth-order valence-corrected chi connectivity index (χ4v) is 2.61. The Hall–Kier alpha value is -3.21. The summed E-state index contributed by atoms with van der Waals surface area (Å²) in [6.07, 6.45) is 0. The summed E-state index contributed by atoms with van der Waals surface area (Å²) in [7, 11) is 1.58. The van der Waals surface area contributed by atoms with E-state index in [1.165, 1.54) is 23.1 Å². The van der Waals surface area contributed by atoms with Crippen molar-refractivity contribution in [2.24, 2.45) is 0 Å². The van der Waals surface area contributed by atoms with Crippen molar-refractivity contribution < 1.29 is 9.18 Å². The number of rotatable bonds is 4. The van der Waals surface area contributed by atoms with E-state index in [1.807, 2.05) is 30.3 Å². The van der Waals surface area contributed by atoms with Crippen LogP contribution in [0.5, 0.6) is 0 Å². The van der Waals surface area contributed by atoms with Crippen molar-refractivity contribution in [1.82, 2.24) is 9.88 Å². The minimum absolute atomic E-state index is 0.0542. The number of aromatic amines is 1. The molecule has 2 aromatic carbocycles. The van der Waals surface area contributed by atoms with Crippen LogP contribution in [0.2, 0.25) is 0 Å². The predicted octanol–water partition coefficient (Wildman–Crippen LogP) is 3.45. The smallest absolute Gasteiger partial charge is 0.261 e. The van der Waals surface area contributed by atoms with Crippen molar-refractivity contribution >= 4 is 5.91 Å². The summed E-state index contributed by atoms with van der Waals surface area (Å²) in [6.45, 7) is 0.219. The van der Waals surface area contributed by atoms with Gasteiger partial charge in [0.1, 0.15) is 11.4 Å². The maximum Gasteiger partial charge on any atom is 0.261 e. The van der Waals surface area contributed by atoms with Gasteiger partial charge in [-0.25, -0.2) is 4.39 Å². The van der Waals surface area contributed by atoms with Gasteiger partial charge >= 0.3 is 0 Å². The summed E-state index contributed by atoms with van der Waals surface area (Å²) < 4.78 is 13.3. The minimum atomic E-state index is -0.447. The Balaban J connectivity index is 1.81. The monoisotopic (exact) mass is 336 g/mol. The summed E-state index contributed by atoms with van der Waals surface area (Å²) in [5.41, 5.74) is 1.78. The standard InChI is InChI=1S/C20H17FN2O2/c1-23(13-14-6-5-9-16(21)12-14)20(25)17-10-11-18(22-19(17)24)15-7-3-2-4-8-15/h2-12H,13H2,1H3,(H,22,24). The topological polar surface area (TPSA) is 53.2 Å². The molecule has 1 aromatic heterocycles. The zero-order valence-electron chi connectivity index (χ0n) is 13.7. The van der Waals surface area contributed by atoms with Crippen LogP contribution in [-0.4, -0.2) is 22.8 Å². The number of nitrogens with zero attached hydrogens (tertiary/aromatic N) is 1. The molecule has 3 rings (SSSR count). The van der Waals surface area contributed by atoms with Crippen molar-refractivity contribution in [1.29, 1.82) is 0 Å². The number of benzene rings is 2. The number of hydrogen-bond donors (Lipinski definition) is 1. The van der Waals surface area contributed by atoms with E-state index in [0.717, 1.165) is 5.56 Å². The molecule has 0 saturated heterocycles. The lowest BCUT2D eigenvalue weighted by Crippen LogP contribution is -2.31. The number of nitrogens with one attached hydrogen (secondary N) is 1. The quantitative estimate of drug-likeness (QED) is 0.793. The summed E-state index contributed by atoms with van der Waals surface area (Å²) in [5.74, 6) is -0.770. The lowest BCUT2D eigenvalue weighted by molar-refractivity contribution is 0.0783. The second-order valence-electron chi connectivity index (χ2n) is 5.77. The maximum atomic E-state index is 13.3. The molecule has 5 heteroatoms. The first-order valence-corrected chi connectivity index (χ1v) is 7.83. The third-order valence-electron chi connectivity index (χ3n) is 3.88. The van der Waals surface area contributed by atoms with E-state index in [1.54, 1.807) is 25.2 Å². The number of H-pyrrole nitrogens is 1. The number of carbonyl (C=O) groups excluding carboxylic acids is 1. The van der Waals surface area contributed by atoms with E-state index in [4.69, 9.17) is 0 Å². The van der Waals surface area contributed by atoms with Crippen molar-refractivity contribution in [3.05, 3.63) is 94.0 Å². The Labute approximate surface area is 144 Å². The van der Waals surface area contributed by atoms with Gasteiger partial charge in [-0.05, 0) is 35.4 Å². The van der Waals surface area contributed by atoms with Gasteiger partial charge in [-0.15, -0.1) is 0 Å². The van der Waals surface area contributed by atoms with E-state index >= 15 is 0 Å². The van der Waals surface area contributed by atoms with Gasteiger partial charge in [-0.2, -0.15) is 0 Å². The fourth-order valence-electron chi connectivity index (χ4n) is 2.61. The van der Waals surface area contributed by atoms with Gasteiger partial charge in [-0.1, -0.05) is 42.5 Å². The number of hydrogen-bond acceptors (Lipinski definition) is 2. The molecule has 0 aliphatic heterocycles. The number of carbonyl (C=O) groups is 1. The Bertz CT molecular complexity index is 951. The normalized spacial score (nSPS) is 10.5. The number of pyridine rings is 1. The van der Waals surface area contributed by atoms with E-state index in [9.17, 15) is 14.0 Å². The molecular formula is C20H17FN2O2. The molecule has 1 heterocycles. The van der Waals surface area contributed by atoms with Crippen LogP contribution in [0, 0.1) is 5.82 Å². The lowest BCUT2D eigenvalue weighted by atomic mass is 10.1. The zero-order chi connectivity index (χ0) is 17.8. The van der Waals surface area contributed by atoms with Crippen LogP contribution in [0.1, 0.15) is 15.9 Å². The predicted molar refractivity (Wildman–Crippen MR) is 94.7 cm³/mol. The van der Waals surface area contributed by atoms with Crippen LogP contribution in [0.15, 0.2) is 71.5 Å². The molecule has 1 N–H and O–H groups in total. The number of amides is 1. The van der Waals surface area contributed by atoms with E-state index in [0.29, 0.717) is 11.3 Å². The third kappa shape index (κ3) is 3.83. The molecule has 25 heavy (non-hydrogen) atoms. The lowest BCUT2D eigenvalue weighted by Gasteiger charge is -2.17. The molecule has 0 unspecified atom stereocenters. The van der Waals surface area contributed by atoms with Crippen LogP contribution in [0.4, 0.5) is 4.39 Å². The highest BCUT2D eigenvalue weighted by Gasteiger charge is 2.16. The van der Waals surface area contributed by atoms with Gasteiger partial charge in [-0.3, -0.25) is 9.59 Å². The zero-order valence-corrected chi connectivity index (χ0v) is 13.7. The second-order valence-corrected chi connectivity index (χ2v) is 5.77. The molecule has 0 bridgehead atoms. The van der Waals surface area contributed by atoms with Gasteiger partial charge in [0.05, 0.1) is 0 Å². The van der Waals surface area contributed by atoms with Gasteiger partial charge in [0.25, 0.3) is 11.5 Å². The fraction of sp³-hybridized carbons (Fsp3) is 0.100. The van der Waals surface area contributed by atoms with E-state index < -0.39 is 11.5 Å². The van der Waals surface area contributed by atoms with Crippen LogP contribution in [0.3, 0.4) is 0 Å². The highest BCUT2D eigenvalue weighted by molar-refractivity contribution is 5.93. The largest absolute Gasteiger partial charge is 0.337 e. The Morgan fingerprint density at radius 2 is 1.80 bits per heavy atom. The molecule has 0 aliphatic rings. The molecule has 0 fully saturated rings. The Morgan fingerprint density at radius 3 is 2.48 bits per heavy atom. The first-order chi connectivity index (χ1) is 12.0. The molecule has 0 aliphatic carbocycles. The second kappa shape index (κ2) is 7.13. The van der Waals surface area contributed by atoms with Crippen molar-refractivity contribution in [3.8, 4) is 11.3 Å². The highest BCUT2D eigenvalue weighted by atomic mass is 19.1. The Kier molecular flexibility index (Phi) is 4.75. The van der Waals surface area contributed by atoms with E-state index in [-0.39, 0.29) is 17.9 Å². The van der Waals surface area contributed by atoms with Crippen LogP contribution in [0.25, 0.3) is 11.3 Å². The molecule has 0 saturated carbocycles. The minimum Gasteiger partial charge on any atom is -0.337 e. The van der Waals surface area contributed by atoms with Crippen molar-refractivity contribution in [2.75, 3.05) is 7.05 Å².